The summed E-state index contributed by atoms with van der Waals surface area (Å²) in [6.45, 7) is 2.02. The smallest absolute Gasteiger partial charge is 0.341 e. The predicted octanol–water partition coefficient (Wildman–Crippen LogP) is 3.73. The van der Waals surface area contributed by atoms with Crippen LogP contribution in [0.4, 0.5) is 5.00 Å². The fraction of sp³-hybridized carbons (Fsp3) is 0.200. The molecule has 1 aromatic heterocycles. The van der Waals surface area contributed by atoms with Crippen molar-refractivity contribution in [1.29, 1.82) is 0 Å². The first kappa shape index (κ1) is 15.6. The van der Waals surface area contributed by atoms with Gasteiger partial charge in [-0.3, -0.25) is 4.79 Å². The van der Waals surface area contributed by atoms with Gasteiger partial charge in [-0.1, -0.05) is 43.0 Å². The molecule has 0 saturated heterocycles. The highest BCUT2D eigenvalue weighted by atomic mass is 32.1. The van der Waals surface area contributed by atoms with Gasteiger partial charge in [0, 0.05) is 4.88 Å². The van der Waals surface area contributed by atoms with Crippen LogP contribution in [0.15, 0.2) is 36.4 Å². The number of rotatable bonds is 5. The molecule has 2 rings (SSSR count). The minimum Gasteiger partial charge on any atom is -0.462 e. The van der Waals surface area contributed by atoms with Crippen molar-refractivity contribution in [2.75, 3.05) is 17.7 Å². The predicted molar refractivity (Wildman–Crippen MR) is 86.8 cm³/mol. The van der Waals surface area contributed by atoms with Gasteiger partial charge in [0.25, 0.3) is 0 Å². The fourth-order valence-electron chi connectivity index (χ4n) is 1.75. The average Bonchev–Trinajstić information content (AvgIpc) is 2.92. The van der Waals surface area contributed by atoms with E-state index in [4.69, 9.17) is 17.4 Å². The molecule has 0 saturated carbocycles. The van der Waals surface area contributed by atoms with Crippen LogP contribution in [0.5, 0.6) is 0 Å². The summed E-state index contributed by atoms with van der Waals surface area (Å²) in [6, 6.07) is 11.4. The molecule has 0 aliphatic carbocycles. The minimum atomic E-state index is -0.449. The van der Waals surface area contributed by atoms with Crippen molar-refractivity contribution in [3.8, 4) is 10.4 Å². The largest absolute Gasteiger partial charge is 0.462 e. The van der Waals surface area contributed by atoms with Gasteiger partial charge < -0.3 is 10.1 Å². The molecule has 0 aliphatic rings. The van der Waals surface area contributed by atoms with Gasteiger partial charge in [0.2, 0.25) is 5.91 Å². The second-order valence-corrected chi connectivity index (χ2v) is 5.47. The molecular formula is C15H14NO3S2. The Bertz CT molecular complexity index is 638. The van der Waals surface area contributed by atoms with Crippen LogP contribution in [0.2, 0.25) is 0 Å². The standard InChI is InChI=1S/C15H14NO3S2/c1-2-19-15(18)11-8-12(10-6-4-3-5-7-10)21-14(11)16-13(17)9-20/h3-8H,2,9H2,1H3,(H,16,17). The van der Waals surface area contributed by atoms with E-state index < -0.39 is 5.97 Å². The molecule has 1 aromatic carbocycles. The zero-order chi connectivity index (χ0) is 15.2. The van der Waals surface area contributed by atoms with Gasteiger partial charge in [0.1, 0.15) is 5.00 Å². The lowest BCUT2D eigenvalue weighted by atomic mass is 10.1. The highest BCUT2D eigenvalue weighted by Gasteiger charge is 2.19. The number of amides is 1. The van der Waals surface area contributed by atoms with E-state index in [2.05, 4.69) is 5.32 Å². The van der Waals surface area contributed by atoms with Crippen LogP contribution >= 0.6 is 24.0 Å². The number of carbonyl (C=O) groups excluding carboxylic acids is 2. The topological polar surface area (TPSA) is 55.4 Å². The number of thiophene rings is 1. The molecule has 1 N–H and O–H groups in total. The van der Waals surface area contributed by atoms with Crippen molar-refractivity contribution in [2.45, 2.75) is 6.92 Å². The van der Waals surface area contributed by atoms with Crippen molar-refractivity contribution in [2.24, 2.45) is 0 Å². The first-order chi connectivity index (χ1) is 10.2. The summed E-state index contributed by atoms with van der Waals surface area (Å²) in [7, 11) is 0. The monoisotopic (exact) mass is 320 g/mol. The molecule has 0 aliphatic heterocycles. The lowest BCUT2D eigenvalue weighted by Crippen LogP contribution is -2.14. The SMILES string of the molecule is CCOC(=O)c1cc(-c2ccccc2)sc1NC(=O)C[S]. The highest BCUT2D eigenvalue weighted by Crippen LogP contribution is 2.35. The van der Waals surface area contributed by atoms with Gasteiger partial charge >= 0.3 is 5.97 Å². The maximum Gasteiger partial charge on any atom is 0.341 e. The maximum atomic E-state index is 12.0. The van der Waals surface area contributed by atoms with E-state index in [0.717, 1.165) is 10.4 Å². The lowest BCUT2D eigenvalue weighted by molar-refractivity contribution is -0.113. The van der Waals surface area contributed by atoms with E-state index in [-0.39, 0.29) is 18.3 Å². The van der Waals surface area contributed by atoms with Gasteiger partial charge in [-0.2, -0.15) is 0 Å². The molecular weight excluding hydrogens is 306 g/mol. The molecule has 1 heterocycles. The van der Waals surface area contributed by atoms with E-state index in [0.29, 0.717) is 10.6 Å². The van der Waals surface area contributed by atoms with Crippen molar-refractivity contribution in [3.05, 3.63) is 42.0 Å². The van der Waals surface area contributed by atoms with Crippen LogP contribution in [0.1, 0.15) is 17.3 Å². The lowest BCUT2D eigenvalue weighted by Gasteiger charge is -2.03. The van der Waals surface area contributed by atoms with Crippen molar-refractivity contribution in [3.63, 3.8) is 0 Å². The molecule has 0 unspecified atom stereocenters. The van der Waals surface area contributed by atoms with Crippen molar-refractivity contribution < 1.29 is 14.3 Å². The Morgan fingerprint density at radius 2 is 2.00 bits per heavy atom. The van der Waals surface area contributed by atoms with Gasteiger partial charge in [-0.05, 0) is 18.6 Å². The summed E-state index contributed by atoms with van der Waals surface area (Å²) in [5.41, 5.74) is 1.34. The molecule has 0 spiro atoms. The summed E-state index contributed by atoms with van der Waals surface area (Å²) in [6.07, 6.45) is 0. The third-order valence-corrected chi connectivity index (χ3v) is 4.03. The zero-order valence-corrected chi connectivity index (χ0v) is 13.1. The first-order valence-corrected chi connectivity index (χ1v) is 7.79. The van der Waals surface area contributed by atoms with Gasteiger partial charge in [0.05, 0.1) is 17.9 Å². The molecule has 21 heavy (non-hydrogen) atoms. The number of carbonyl (C=O) groups is 2. The zero-order valence-electron chi connectivity index (χ0n) is 11.4. The number of hydrogen-bond donors (Lipinski definition) is 1. The minimum absolute atomic E-state index is 0.0547. The number of nitrogens with one attached hydrogen (secondary N) is 1. The summed E-state index contributed by atoms with van der Waals surface area (Å²) in [5.74, 6) is -0.812. The number of hydrogen-bond acceptors (Lipinski definition) is 4. The molecule has 2 aromatic rings. The van der Waals surface area contributed by atoms with Gasteiger partial charge in [-0.25, -0.2) is 4.79 Å². The summed E-state index contributed by atoms with van der Waals surface area (Å²) in [4.78, 5) is 24.4. The van der Waals surface area contributed by atoms with E-state index in [1.165, 1.54) is 11.3 Å². The quantitative estimate of drug-likeness (QED) is 0.854. The Hall–Kier alpha value is -1.79. The van der Waals surface area contributed by atoms with E-state index in [1.807, 2.05) is 30.3 Å². The van der Waals surface area contributed by atoms with Crippen LogP contribution in [0, 0.1) is 0 Å². The molecule has 0 fully saturated rings. The Morgan fingerprint density at radius 1 is 1.29 bits per heavy atom. The van der Waals surface area contributed by atoms with Crippen LogP contribution in [-0.4, -0.2) is 24.2 Å². The summed E-state index contributed by atoms with van der Waals surface area (Å²) >= 11 is 6.04. The molecule has 0 atom stereocenters. The summed E-state index contributed by atoms with van der Waals surface area (Å²) in [5, 5.41) is 3.14. The van der Waals surface area contributed by atoms with Crippen LogP contribution in [-0.2, 0) is 9.53 Å². The molecule has 109 valence electrons. The number of esters is 1. The Morgan fingerprint density at radius 3 is 2.62 bits per heavy atom. The second-order valence-electron chi connectivity index (χ2n) is 4.13. The van der Waals surface area contributed by atoms with Gasteiger partial charge in [0.15, 0.2) is 0 Å². The number of anilines is 1. The van der Waals surface area contributed by atoms with Gasteiger partial charge in [-0.15, -0.1) is 11.3 Å². The molecule has 0 bridgehead atoms. The molecule has 1 amide bonds. The Kier molecular flexibility index (Phi) is 5.41. The van der Waals surface area contributed by atoms with E-state index in [1.54, 1.807) is 13.0 Å². The third-order valence-electron chi connectivity index (χ3n) is 2.67. The second kappa shape index (κ2) is 7.28. The van der Waals surface area contributed by atoms with Crippen LogP contribution in [0.3, 0.4) is 0 Å². The molecule has 1 radical (unpaired) electrons. The highest BCUT2D eigenvalue weighted by molar-refractivity contribution is 7.81. The average molecular weight is 320 g/mol. The molecule has 6 heteroatoms. The first-order valence-electron chi connectivity index (χ1n) is 6.40. The molecule has 4 nitrogen and oxygen atoms in total. The Balaban J connectivity index is 2.39. The van der Waals surface area contributed by atoms with Crippen molar-refractivity contribution in [1.82, 2.24) is 0 Å². The number of benzene rings is 1. The third kappa shape index (κ3) is 3.86. The maximum absolute atomic E-state index is 12.0. The Labute approximate surface area is 132 Å². The fourth-order valence-corrected chi connectivity index (χ4v) is 2.89. The van der Waals surface area contributed by atoms with E-state index >= 15 is 0 Å². The number of ether oxygens (including phenoxy) is 1. The van der Waals surface area contributed by atoms with Crippen LogP contribution < -0.4 is 5.32 Å². The van der Waals surface area contributed by atoms with Crippen molar-refractivity contribution >= 4 is 40.8 Å². The normalized spacial score (nSPS) is 10.2. The van der Waals surface area contributed by atoms with E-state index in [9.17, 15) is 9.59 Å². The van der Waals surface area contributed by atoms with Crippen LogP contribution in [0.25, 0.3) is 10.4 Å². The summed E-state index contributed by atoms with van der Waals surface area (Å²) < 4.78 is 5.02.